The molecule has 2 unspecified atom stereocenters. The molecular weight excluding hydrogens is 607 g/mol. The largest absolute Gasteiger partial charge is 1.00 e. The van der Waals surface area contributed by atoms with Gasteiger partial charge in [-0.2, -0.15) is 0 Å². The van der Waals surface area contributed by atoms with Crippen molar-refractivity contribution in [1.29, 1.82) is 0 Å². The van der Waals surface area contributed by atoms with Crippen LogP contribution in [0.4, 0.5) is 0 Å². The number of hydrogen-bond acceptors (Lipinski definition) is 0. The van der Waals surface area contributed by atoms with Gasteiger partial charge in [-0.05, 0) is 0 Å². The number of rotatable bonds is 2. The van der Waals surface area contributed by atoms with E-state index in [4.69, 9.17) is 0 Å². The Balaban J connectivity index is 0.00000145. The van der Waals surface area contributed by atoms with E-state index in [2.05, 4.69) is 135 Å². The molecule has 0 saturated heterocycles. The van der Waals surface area contributed by atoms with Crippen molar-refractivity contribution in [1.82, 2.24) is 0 Å². The standard InChI is InChI=1S/2C17H11.C3H6.2ClH.Zr/c2*1-3-8-14-12(6-1)13-7-2-4-9-15(13)17-11-5-10-16(14)17;1-3-2;;;/h2*1-11H;1-2H3;2*1H;/q;;;;;+2/p-2. The summed E-state index contributed by atoms with van der Waals surface area (Å²) in [6.45, 7) is 4.86. The maximum absolute atomic E-state index is 2.58. The molecule has 40 heavy (non-hydrogen) atoms. The van der Waals surface area contributed by atoms with Crippen molar-refractivity contribution in [2.45, 2.75) is 21.1 Å². The fraction of sp³-hybridized carbons (Fsp3) is 0.108. The second-order valence-corrected chi connectivity index (χ2v) is 18.7. The monoisotopic (exact) mass is 632 g/mol. The van der Waals surface area contributed by atoms with Crippen LogP contribution in [0.25, 0.3) is 55.2 Å². The number of fused-ring (bicyclic) bond motifs is 12. The van der Waals surface area contributed by atoms with Crippen molar-refractivity contribution in [3.63, 3.8) is 0 Å². The third kappa shape index (κ3) is 3.86. The second kappa shape index (κ2) is 10.5. The van der Waals surface area contributed by atoms with E-state index in [1.54, 1.807) is 14.3 Å². The topological polar surface area (TPSA) is 0 Å². The van der Waals surface area contributed by atoms with Crippen molar-refractivity contribution in [2.24, 2.45) is 0 Å². The molecule has 2 atom stereocenters. The first-order chi connectivity index (χ1) is 18.7. The number of allylic oxidation sites excluding steroid dienone is 2. The smallest absolute Gasteiger partial charge is 1.00 e. The van der Waals surface area contributed by atoms with Crippen molar-refractivity contribution in [3.05, 3.63) is 131 Å². The molecule has 6 aromatic rings. The van der Waals surface area contributed by atoms with Crippen molar-refractivity contribution in [2.75, 3.05) is 0 Å². The molecule has 0 amide bonds. The summed E-state index contributed by atoms with van der Waals surface area (Å²) >= 11 is -2.31. The summed E-state index contributed by atoms with van der Waals surface area (Å²) < 4.78 is 2.74. The normalized spacial score (nSPS) is 16.4. The van der Waals surface area contributed by atoms with Crippen molar-refractivity contribution in [3.8, 4) is 0 Å². The van der Waals surface area contributed by atoms with Crippen LogP contribution in [-0.4, -0.2) is 3.21 Å². The van der Waals surface area contributed by atoms with E-state index in [0.717, 1.165) is 0 Å². The molecule has 0 N–H and O–H groups in total. The van der Waals surface area contributed by atoms with Gasteiger partial charge in [0.25, 0.3) is 0 Å². The Labute approximate surface area is 255 Å². The van der Waals surface area contributed by atoms with E-state index in [9.17, 15) is 0 Å². The predicted molar refractivity (Wildman–Crippen MR) is 163 cm³/mol. The zero-order chi connectivity index (χ0) is 25.4. The van der Waals surface area contributed by atoms with Gasteiger partial charge >= 0.3 is 232 Å². The summed E-state index contributed by atoms with van der Waals surface area (Å²) in [7, 11) is 0. The summed E-state index contributed by atoms with van der Waals surface area (Å²) in [5.41, 5.74) is 6.08. The zero-order valence-corrected chi connectivity index (χ0v) is 26.4. The van der Waals surface area contributed by atoms with Crippen LogP contribution in [-0.2, 0) is 21.3 Å². The summed E-state index contributed by atoms with van der Waals surface area (Å²) in [5.74, 6) is 0. The summed E-state index contributed by atoms with van der Waals surface area (Å²) in [5, 5.41) is 11.2. The van der Waals surface area contributed by atoms with Gasteiger partial charge in [0.2, 0.25) is 0 Å². The SMILES string of the molecule is C[C](C)=[Zr+2]([CH]1C=Cc2c1c1ccccc1c1ccccc21)[CH]1C=Cc2c1c1ccccc1c1ccccc21.[Cl-].[Cl-]. The van der Waals surface area contributed by atoms with E-state index >= 15 is 0 Å². The van der Waals surface area contributed by atoms with E-state index in [0.29, 0.717) is 7.25 Å². The molecule has 194 valence electrons. The van der Waals surface area contributed by atoms with Crippen LogP contribution < -0.4 is 24.8 Å². The zero-order valence-electron chi connectivity index (χ0n) is 22.5. The van der Waals surface area contributed by atoms with E-state index < -0.39 is 21.3 Å². The minimum Gasteiger partial charge on any atom is -1.00 e. The van der Waals surface area contributed by atoms with Gasteiger partial charge in [0.15, 0.2) is 0 Å². The fourth-order valence-electron chi connectivity index (χ4n) is 7.33. The average molecular weight is 635 g/mol. The second-order valence-electron chi connectivity index (χ2n) is 11.0. The third-order valence-corrected chi connectivity index (χ3v) is 17.3. The van der Waals surface area contributed by atoms with Gasteiger partial charge in [-0.3, -0.25) is 0 Å². The maximum Gasteiger partial charge on any atom is -1.00 e. The number of benzene rings is 6. The van der Waals surface area contributed by atoms with E-state index in [1.165, 1.54) is 54.2 Å². The molecule has 0 bridgehead atoms. The van der Waals surface area contributed by atoms with Crippen LogP contribution in [0.1, 0.15) is 43.4 Å². The molecule has 2 aliphatic carbocycles. The van der Waals surface area contributed by atoms with Gasteiger partial charge in [0.05, 0.1) is 0 Å². The first kappa shape index (κ1) is 27.3. The van der Waals surface area contributed by atoms with Crippen molar-refractivity contribution >= 4 is 58.4 Å². The molecule has 3 heteroatoms. The Kier molecular flexibility index (Phi) is 7.20. The molecule has 2 aliphatic rings. The van der Waals surface area contributed by atoms with Gasteiger partial charge in [-0.15, -0.1) is 0 Å². The molecule has 6 aromatic carbocycles. The Morgan fingerprint density at radius 2 is 0.750 bits per heavy atom. The Hall–Kier alpha value is -2.83. The van der Waals surface area contributed by atoms with Gasteiger partial charge in [-0.1, -0.05) is 0 Å². The first-order valence-corrected chi connectivity index (χ1v) is 17.7. The van der Waals surface area contributed by atoms with E-state index in [1.807, 2.05) is 0 Å². The molecule has 0 aliphatic heterocycles. The molecule has 0 fully saturated rings. The summed E-state index contributed by atoms with van der Waals surface area (Å²) in [4.78, 5) is 0. The molecule has 0 saturated carbocycles. The average Bonchev–Trinajstić information content (AvgIpc) is 3.60. The minimum absolute atomic E-state index is 0. The molecule has 0 heterocycles. The first-order valence-electron chi connectivity index (χ1n) is 13.6. The Morgan fingerprint density at radius 3 is 1.10 bits per heavy atom. The van der Waals surface area contributed by atoms with Gasteiger partial charge < -0.3 is 24.8 Å². The molecule has 8 rings (SSSR count). The maximum atomic E-state index is 2.58. The van der Waals surface area contributed by atoms with Crippen LogP contribution in [0.2, 0.25) is 0 Å². The molecular formula is C37H28Cl2Zr. The minimum atomic E-state index is -2.31. The Bertz CT molecular complexity index is 1920. The molecule has 0 aromatic heterocycles. The van der Waals surface area contributed by atoms with Crippen LogP contribution in [0, 0.1) is 0 Å². The molecule has 0 nitrogen and oxygen atoms in total. The van der Waals surface area contributed by atoms with E-state index in [-0.39, 0.29) is 24.8 Å². The van der Waals surface area contributed by atoms with Gasteiger partial charge in [-0.25, -0.2) is 0 Å². The van der Waals surface area contributed by atoms with Crippen LogP contribution in [0.15, 0.2) is 109 Å². The number of hydrogen-bond donors (Lipinski definition) is 0. The van der Waals surface area contributed by atoms with Gasteiger partial charge in [0.1, 0.15) is 0 Å². The van der Waals surface area contributed by atoms with Gasteiger partial charge in [0, 0.05) is 0 Å². The summed E-state index contributed by atoms with van der Waals surface area (Å²) in [6, 6.07) is 36.2. The summed E-state index contributed by atoms with van der Waals surface area (Å²) in [6.07, 6.45) is 10.1. The van der Waals surface area contributed by atoms with Crippen LogP contribution in [0.3, 0.4) is 0 Å². The third-order valence-electron chi connectivity index (χ3n) is 8.81. The fourth-order valence-corrected chi connectivity index (χ4v) is 15.9. The number of halogens is 2. The van der Waals surface area contributed by atoms with Crippen molar-refractivity contribution < 1.29 is 46.1 Å². The Morgan fingerprint density at radius 1 is 0.450 bits per heavy atom. The van der Waals surface area contributed by atoms with Crippen LogP contribution in [0.5, 0.6) is 0 Å². The molecule has 0 spiro atoms. The quantitative estimate of drug-likeness (QED) is 0.253. The predicted octanol–water partition coefficient (Wildman–Crippen LogP) is 3.97. The molecule has 0 radical (unpaired) electrons. The van der Waals surface area contributed by atoms with Crippen LogP contribution >= 0.6 is 0 Å².